The summed E-state index contributed by atoms with van der Waals surface area (Å²) in [6.07, 6.45) is 10.0. The largest absolute Gasteiger partial charge is 0.504 e. The fraction of sp³-hybridized carbons (Fsp3) is 0.789. The summed E-state index contributed by atoms with van der Waals surface area (Å²) in [5.74, 6) is 0.560. The van der Waals surface area contributed by atoms with E-state index in [-0.39, 0.29) is 12.4 Å². The summed E-state index contributed by atoms with van der Waals surface area (Å²) in [6.45, 7) is 0.886. The molecule has 26 heavy (non-hydrogen) atoms. The molecule has 0 bridgehead atoms. The van der Waals surface area contributed by atoms with Crippen LogP contribution in [0.5, 0.6) is 5.75 Å². The van der Waals surface area contributed by atoms with E-state index in [1.165, 1.54) is 32.1 Å². The predicted molar refractivity (Wildman–Crippen MR) is 102 cm³/mol. The first kappa shape index (κ1) is 22.6. The van der Waals surface area contributed by atoms with Gasteiger partial charge in [0.2, 0.25) is 5.95 Å². The average Bonchev–Trinajstić information content (AvgIpc) is 2.63. The monoisotopic (exact) mass is 369 g/mol. The van der Waals surface area contributed by atoms with Gasteiger partial charge >= 0.3 is 0 Å². The number of methoxy groups -OCH3 is 1. The third kappa shape index (κ3) is 8.78. The van der Waals surface area contributed by atoms with E-state index in [0.29, 0.717) is 30.5 Å². The van der Waals surface area contributed by atoms with Gasteiger partial charge in [0.1, 0.15) is 12.5 Å². The van der Waals surface area contributed by atoms with Crippen molar-refractivity contribution in [1.29, 1.82) is 0 Å². The summed E-state index contributed by atoms with van der Waals surface area (Å²) in [7, 11) is 5.33. The number of hydrogen-bond acceptors (Lipinski definition) is 7. The van der Waals surface area contributed by atoms with Crippen LogP contribution in [-0.4, -0.2) is 54.8 Å². The molecule has 7 heteroatoms. The van der Waals surface area contributed by atoms with Gasteiger partial charge in [-0.1, -0.05) is 38.5 Å². The van der Waals surface area contributed by atoms with Gasteiger partial charge in [0, 0.05) is 27.8 Å². The Bertz CT molecular complexity index is 498. The summed E-state index contributed by atoms with van der Waals surface area (Å²) in [5, 5.41) is 19.5. The molecule has 0 aromatic carbocycles. The van der Waals surface area contributed by atoms with Crippen molar-refractivity contribution in [3.8, 4) is 5.75 Å². The molecule has 0 unspecified atom stereocenters. The molecule has 0 saturated carbocycles. The second-order valence-corrected chi connectivity index (χ2v) is 6.71. The fourth-order valence-electron chi connectivity index (χ4n) is 2.72. The summed E-state index contributed by atoms with van der Waals surface area (Å²) >= 11 is 0. The number of aliphatic hydroxyl groups is 1. The van der Waals surface area contributed by atoms with Gasteiger partial charge in [-0.3, -0.25) is 0 Å². The minimum absolute atomic E-state index is 0.0359. The Kier molecular flexibility index (Phi) is 11.9. The van der Waals surface area contributed by atoms with Gasteiger partial charge in [0.05, 0.1) is 12.3 Å². The Morgan fingerprint density at radius 2 is 1.46 bits per heavy atom. The molecule has 0 aliphatic carbocycles. The van der Waals surface area contributed by atoms with E-state index in [4.69, 9.17) is 9.47 Å². The second kappa shape index (κ2) is 13.7. The summed E-state index contributed by atoms with van der Waals surface area (Å²) in [5.41, 5.74) is 0.928. The number of hydrogen-bond donors (Lipinski definition) is 2. The number of rotatable bonds is 15. The normalized spacial score (nSPS) is 11.1. The topological polar surface area (TPSA) is 87.9 Å². The van der Waals surface area contributed by atoms with E-state index in [1.54, 1.807) is 12.0 Å². The van der Waals surface area contributed by atoms with Gasteiger partial charge < -0.3 is 24.6 Å². The first-order valence-corrected chi connectivity index (χ1v) is 9.53. The van der Waals surface area contributed by atoms with Crippen molar-refractivity contribution in [2.75, 3.05) is 39.5 Å². The van der Waals surface area contributed by atoms with Crippen LogP contribution in [-0.2, 0) is 22.5 Å². The van der Waals surface area contributed by atoms with Gasteiger partial charge in [-0.15, -0.1) is 0 Å². The van der Waals surface area contributed by atoms with Crippen LogP contribution in [0.2, 0.25) is 0 Å². The highest BCUT2D eigenvalue weighted by Gasteiger charge is 2.13. The van der Waals surface area contributed by atoms with Crippen LogP contribution in [0, 0.1) is 0 Å². The number of aryl methyl sites for hydroxylation is 1. The quantitative estimate of drug-likeness (QED) is 0.363. The first-order valence-electron chi connectivity index (χ1n) is 9.53. The van der Waals surface area contributed by atoms with Gasteiger partial charge in [0.15, 0.2) is 5.75 Å². The zero-order chi connectivity index (χ0) is 19.2. The molecule has 0 atom stereocenters. The van der Waals surface area contributed by atoms with Crippen molar-refractivity contribution in [2.24, 2.45) is 0 Å². The SMILES string of the molecule is COCOCCCCCCCCCCc1nc(N(C)C)nc(CO)c1O. The molecule has 7 nitrogen and oxygen atoms in total. The van der Waals surface area contributed by atoms with E-state index >= 15 is 0 Å². The van der Waals surface area contributed by atoms with E-state index in [0.717, 1.165) is 25.9 Å². The molecule has 0 amide bonds. The van der Waals surface area contributed by atoms with Crippen molar-refractivity contribution in [2.45, 2.75) is 64.4 Å². The Morgan fingerprint density at radius 3 is 2.04 bits per heavy atom. The molecule has 0 radical (unpaired) electrons. The lowest BCUT2D eigenvalue weighted by Crippen LogP contribution is -2.15. The lowest BCUT2D eigenvalue weighted by molar-refractivity contribution is -0.0315. The van der Waals surface area contributed by atoms with Crippen molar-refractivity contribution >= 4 is 5.95 Å². The molecule has 0 aliphatic heterocycles. The second-order valence-electron chi connectivity index (χ2n) is 6.71. The van der Waals surface area contributed by atoms with Crippen LogP contribution >= 0.6 is 0 Å². The van der Waals surface area contributed by atoms with Crippen LogP contribution in [0.1, 0.15) is 62.8 Å². The third-order valence-electron chi connectivity index (χ3n) is 4.22. The third-order valence-corrected chi connectivity index (χ3v) is 4.22. The Hall–Kier alpha value is -1.44. The highest BCUT2D eigenvalue weighted by Crippen LogP contribution is 2.24. The number of nitrogens with zero attached hydrogens (tertiary/aromatic N) is 3. The van der Waals surface area contributed by atoms with E-state index < -0.39 is 0 Å². The van der Waals surface area contributed by atoms with Crippen molar-refractivity contribution in [3.63, 3.8) is 0 Å². The minimum Gasteiger partial charge on any atom is -0.504 e. The summed E-state index contributed by atoms with van der Waals surface area (Å²) in [4.78, 5) is 10.3. The zero-order valence-electron chi connectivity index (χ0n) is 16.5. The number of aromatic nitrogens is 2. The van der Waals surface area contributed by atoms with Crippen LogP contribution < -0.4 is 4.90 Å². The molecule has 1 rings (SSSR count). The number of aliphatic hydroxyl groups excluding tert-OH is 1. The smallest absolute Gasteiger partial charge is 0.225 e. The predicted octanol–water partition coefficient (Wildman–Crippen LogP) is 3.02. The molecule has 1 aromatic heterocycles. The molecule has 150 valence electrons. The summed E-state index contributed by atoms with van der Waals surface area (Å²) in [6, 6.07) is 0. The molecule has 0 spiro atoms. The van der Waals surface area contributed by atoms with Crippen molar-refractivity contribution in [1.82, 2.24) is 9.97 Å². The maximum atomic E-state index is 10.2. The molecular formula is C19H35N3O4. The molecule has 0 aliphatic rings. The molecule has 0 fully saturated rings. The number of unbranched alkanes of at least 4 members (excludes halogenated alkanes) is 7. The van der Waals surface area contributed by atoms with Gasteiger partial charge in [-0.2, -0.15) is 0 Å². The zero-order valence-corrected chi connectivity index (χ0v) is 16.5. The van der Waals surface area contributed by atoms with Gasteiger partial charge in [-0.05, 0) is 19.3 Å². The molecule has 1 aromatic rings. The van der Waals surface area contributed by atoms with Crippen molar-refractivity contribution < 1.29 is 19.7 Å². The van der Waals surface area contributed by atoms with Crippen LogP contribution in [0.25, 0.3) is 0 Å². The fourth-order valence-corrected chi connectivity index (χ4v) is 2.72. The Morgan fingerprint density at radius 1 is 0.885 bits per heavy atom. The van der Waals surface area contributed by atoms with Crippen LogP contribution in [0.3, 0.4) is 0 Å². The number of aromatic hydroxyl groups is 1. The van der Waals surface area contributed by atoms with Gasteiger partial charge in [-0.25, -0.2) is 9.97 Å². The Balaban J connectivity index is 2.17. The summed E-state index contributed by atoms with van der Waals surface area (Å²) < 4.78 is 10.1. The van der Waals surface area contributed by atoms with E-state index in [1.807, 2.05) is 14.1 Å². The lowest BCUT2D eigenvalue weighted by atomic mass is 10.1. The van der Waals surface area contributed by atoms with Crippen molar-refractivity contribution in [3.05, 3.63) is 11.4 Å². The number of anilines is 1. The standard InChI is InChI=1S/C19H35N3O4/c1-22(2)19-20-16(18(24)17(14-23)21-19)12-10-8-6-4-5-7-9-11-13-26-15-25-3/h23-24H,4-15H2,1-3H3. The lowest BCUT2D eigenvalue weighted by Gasteiger charge is -2.14. The maximum absolute atomic E-state index is 10.2. The van der Waals surface area contributed by atoms with E-state index in [9.17, 15) is 10.2 Å². The van der Waals surface area contributed by atoms with Crippen LogP contribution in [0.15, 0.2) is 0 Å². The highest BCUT2D eigenvalue weighted by molar-refractivity contribution is 5.39. The maximum Gasteiger partial charge on any atom is 0.225 e. The first-order chi connectivity index (χ1) is 12.6. The molecular weight excluding hydrogens is 334 g/mol. The minimum atomic E-state index is -0.279. The molecule has 1 heterocycles. The van der Waals surface area contributed by atoms with Gasteiger partial charge in [0.25, 0.3) is 0 Å². The molecule has 0 saturated heterocycles. The average molecular weight is 370 g/mol. The van der Waals surface area contributed by atoms with Crippen LogP contribution in [0.4, 0.5) is 5.95 Å². The Labute approximate surface area is 157 Å². The highest BCUT2D eigenvalue weighted by atomic mass is 16.7. The number of ether oxygens (including phenoxy) is 2. The van der Waals surface area contributed by atoms with E-state index in [2.05, 4.69) is 9.97 Å². The molecule has 2 N–H and O–H groups in total.